The van der Waals surface area contributed by atoms with Crippen LogP contribution in [0.2, 0.25) is 0 Å². The summed E-state index contributed by atoms with van der Waals surface area (Å²) in [5, 5.41) is 22.8. The zero-order chi connectivity index (χ0) is 24.5. The predicted molar refractivity (Wildman–Crippen MR) is 124 cm³/mol. The molecule has 0 aromatic heterocycles. The third kappa shape index (κ3) is 2.93. The van der Waals surface area contributed by atoms with Gasteiger partial charge < -0.3 is 29.3 Å². The first-order valence-corrected chi connectivity index (χ1v) is 11.8. The van der Waals surface area contributed by atoms with Gasteiger partial charge in [-0.3, -0.25) is 4.79 Å². The molecule has 2 heterocycles. The lowest BCUT2D eigenvalue weighted by atomic mass is 9.50. The molecule has 4 aliphatic rings. The van der Waals surface area contributed by atoms with Gasteiger partial charge in [-0.1, -0.05) is 36.4 Å². The van der Waals surface area contributed by atoms with E-state index in [1.807, 2.05) is 13.1 Å². The summed E-state index contributed by atoms with van der Waals surface area (Å²) in [7, 11) is 2.01. The summed E-state index contributed by atoms with van der Waals surface area (Å²) >= 11 is 0. The zero-order valence-electron chi connectivity index (χ0n) is 19.6. The van der Waals surface area contributed by atoms with Gasteiger partial charge in [0.15, 0.2) is 17.6 Å². The lowest BCUT2D eigenvalue weighted by molar-refractivity contribution is -0.176. The Labute approximate surface area is 202 Å². The van der Waals surface area contributed by atoms with Crippen molar-refractivity contribution in [3.8, 4) is 11.5 Å². The second-order valence-electron chi connectivity index (χ2n) is 9.92. The number of likely N-dealkylation sites (tertiary alicyclic amines) is 1. The number of carbonyl (C=O) groups is 2. The molecule has 2 aromatic rings. The molecule has 6 rings (SSSR count). The summed E-state index contributed by atoms with van der Waals surface area (Å²) in [5.74, 6) is -0.744. The van der Waals surface area contributed by atoms with Crippen LogP contribution in [-0.4, -0.2) is 58.4 Å². The highest BCUT2D eigenvalue weighted by Crippen LogP contribution is 2.65. The van der Waals surface area contributed by atoms with E-state index in [9.17, 15) is 19.8 Å². The Morgan fingerprint density at radius 3 is 2.71 bits per heavy atom. The van der Waals surface area contributed by atoms with Crippen molar-refractivity contribution in [2.75, 3.05) is 13.6 Å². The van der Waals surface area contributed by atoms with E-state index in [0.717, 1.165) is 17.7 Å². The number of benzene rings is 2. The molecule has 1 spiro atoms. The van der Waals surface area contributed by atoms with Gasteiger partial charge in [0, 0.05) is 30.5 Å². The van der Waals surface area contributed by atoms with Crippen molar-refractivity contribution in [1.29, 1.82) is 0 Å². The molecule has 2 aliphatic heterocycles. The molecule has 35 heavy (non-hydrogen) atoms. The number of carbonyl (C=O) groups excluding carboxylic acids is 2. The molecule has 8 nitrogen and oxygen atoms in total. The maximum Gasteiger partial charge on any atom is 0.357 e. The topological polar surface area (TPSA) is 106 Å². The Hall–Kier alpha value is -3.36. The maximum absolute atomic E-state index is 13.3. The van der Waals surface area contributed by atoms with E-state index in [4.69, 9.17) is 14.2 Å². The largest absolute Gasteiger partial charge is 0.504 e. The molecule has 0 saturated carbocycles. The lowest BCUT2D eigenvalue weighted by Gasteiger charge is -2.61. The van der Waals surface area contributed by atoms with Crippen LogP contribution in [0.5, 0.6) is 11.5 Å². The molecule has 1 fully saturated rings. The molecule has 182 valence electrons. The molecular formula is C27H27NO7. The van der Waals surface area contributed by atoms with Gasteiger partial charge in [-0.05, 0) is 44.1 Å². The van der Waals surface area contributed by atoms with Crippen molar-refractivity contribution in [3.05, 3.63) is 71.0 Å². The van der Waals surface area contributed by atoms with Crippen LogP contribution in [0.3, 0.4) is 0 Å². The van der Waals surface area contributed by atoms with E-state index < -0.39 is 35.2 Å². The minimum atomic E-state index is -1.24. The number of piperidine rings is 1. The van der Waals surface area contributed by atoms with Gasteiger partial charge in [-0.15, -0.1) is 0 Å². The number of hydrogen-bond donors (Lipinski definition) is 2. The molecule has 1 saturated heterocycles. The third-order valence-electron chi connectivity index (χ3n) is 8.17. The Morgan fingerprint density at radius 2 is 1.97 bits per heavy atom. The Bertz CT molecular complexity index is 1260. The van der Waals surface area contributed by atoms with Gasteiger partial charge in [0.05, 0.1) is 11.0 Å². The predicted octanol–water partition coefficient (Wildman–Crippen LogP) is 2.52. The molecule has 1 unspecified atom stereocenters. The fraction of sp³-hybridized carbons (Fsp3) is 0.407. The summed E-state index contributed by atoms with van der Waals surface area (Å²) in [4.78, 5) is 27.3. The van der Waals surface area contributed by atoms with E-state index in [1.54, 1.807) is 42.5 Å². The second-order valence-corrected chi connectivity index (χ2v) is 9.92. The smallest absolute Gasteiger partial charge is 0.357 e. The second kappa shape index (κ2) is 7.57. The molecule has 0 amide bonds. The third-order valence-corrected chi connectivity index (χ3v) is 8.17. The Kier molecular flexibility index (Phi) is 4.78. The average molecular weight is 478 g/mol. The number of aliphatic hydroxyl groups is 1. The van der Waals surface area contributed by atoms with Crippen LogP contribution in [0.4, 0.5) is 0 Å². The van der Waals surface area contributed by atoms with Crippen molar-refractivity contribution in [2.24, 2.45) is 0 Å². The number of rotatable bonds is 4. The SMILES string of the molecule is CC(=O)O[C@H](C(=O)OC1=CC[C@]2(O)C3Cc4ccc(O)c5c4[C@@]2(CCN3C)[C@H]1O5)c1ccccc1. The first-order valence-electron chi connectivity index (χ1n) is 11.8. The number of esters is 2. The van der Waals surface area contributed by atoms with Crippen molar-refractivity contribution >= 4 is 11.9 Å². The normalized spacial score (nSPS) is 31.0. The van der Waals surface area contributed by atoms with E-state index in [2.05, 4.69) is 4.90 Å². The highest BCUT2D eigenvalue weighted by atomic mass is 16.6. The van der Waals surface area contributed by atoms with Crippen LogP contribution < -0.4 is 4.74 Å². The lowest BCUT2D eigenvalue weighted by Crippen LogP contribution is -2.74. The standard InChI is InChI=1S/C27H27NO7/c1-15(29)33-22(16-6-4-3-5-7-16)25(31)34-19-10-11-27(32)20-14-17-8-9-18(30)23-21(17)26(27,24(19)35-23)12-13-28(20)2/h3-10,20,22,24,30,32H,11-14H2,1-2H3/t20?,22-,24-,26-,27-/m0/s1. The molecule has 2 aromatic carbocycles. The number of phenols is 1. The maximum atomic E-state index is 13.3. The summed E-state index contributed by atoms with van der Waals surface area (Å²) in [6.07, 6.45) is 1.15. The molecule has 2 N–H and O–H groups in total. The van der Waals surface area contributed by atoms with Crippen LogP contribution in [0, 0.1) is 0 Å². The van der Waals surface area contributed by atoms with Crippen LogP contribution in [0.25, 0.3) is 0 Å². The fourth-order valence-corrected chi connectivity index (χ4v) is 6.65. The van der Waals surface area contributed by atoms with Gasteiger partial charge in [0.1, 0.15) is 5.76 Å². The van der Waals surface area contributed by atoms with Crippen LogP contribution in [0.15, 0.2) is 54.3 Å². The Morgan fingerprint density at radius 1 is 1.20 bits per heavy atom. The summed E-state index contributed by atoms with van der Waals surface area (Å²) in [6.45, 7) is 1.96. The van der Waals surface area contributed by atoms with E-state index in [1.165, 1.54) is 6.92 Å². The summed E-state index contributed by atoms with van der Waals surface area (Å²) < 4.78 is 17.5. The molecule has 8 heteroatoms. The Balaban J connectivity index is 1.41. The first kappa shape index (κ1) is 22.1. The number of ether oxygens (including phenoxy) is 3. The highest BCUT2D eigenvalue weighted by molar-refractivity contribution is 5.81. The first-order chi connectivity index (χ1) is 16.8. The van der Waals surface area contributed by atoms with Gasteiger partial charge in [-0.25, -0.2) is 4.79 Å². The number of likely N-dealkylation sites (N-methyl/N-ethyl adjacent to an activating group) is 1. The number of aromatic hydroxyl groups is 1. The minimum absolute atomic E-state index is 0.00000434. The zero-order valence-corrected chi connectivity index (χ0v) is 19.6. The highest BCUT2D eigenvalue weighted by Gasteiger charge is 2.72. The van der Waals surface area contributed by atoms with E-state index in [-0.39, 0.29) is 24.0 Å². The minimum Gasteiger partial charge on any atom is -0.504 e. The van der Waals surface area contributed by atoms with Crippen molar-refractivity contribution in [1.82, 2.24) is 4.90 Å². The summed E-state index contributed by atoms with van der Waals surface area (Å²) in [5.41, 5.74) is 0.319. The van der Waals surface area contributed by atoms with E-state index >= 15 is 0 Å². The molecule has 0 radical (unpaired) electrons. The van der Waals surface area contributed by atoms with Crippen LogP contribution in [0.1, 0.15) is 42.6 Å². The fourth-order valence-electron chi connectivity index (χ4n) is 6.65. The average Bonchev–Trinajstić information content (AvgIpc) is 3.20. The van der Waals surface area contributed by atoms with Gasteiger partial charge >= 0.3 is 11.9 Å². The van der Waals surface area contributed by atoms with Gasteiger partial charge in [-0.2, -0.15) is 0 Å². The quantitative estimate of drug-likeness (QED) is 0.648. The van der Waals surface area contributed by atoms with Crippen molar-refractivity contribution in [3.63, 3.8) is 0 Å². The van der Waals surface area contributed by atoms with Gasteiger partial charge in [0.2, 0.25) is 6.10 Å². The number of nitrogens with zero attached hydrogens (tertiary/aromatic N) is 1. The van der Waals surface area contributed by atoms with E-state index in [0.29, 0.717) is 24.2 Å². The van der Waals surface area contributed by atoms with Crippen molar-refractivity contribution in [2.45, 2.75) is 55.5 Å². The van der Waals surface area contributed by atoms with Gasteiger partial charge in [0.25, 0.3) is 0 Å². The molecule has 2 aliphatic carbocycles. The van der Waals surface area contributed by atoms with Crippen molar-refractivity contribution < 1.29 is 34.0 Å². The number of phenolic OH excluding ortho intramolecular Hbond substituents is 1. The van der Waals surface area contributed by atoms with Crippen LogP contribution in [-0.2, 0) is 30.9 Å². The molecular weight excluding hydrogens is 450 g/mol. The monoisotopic (exact) mass is 477 g/mol. The summed E-state index contributed by atoms with van der Waals surface area (Å²) in [6, 6.07) is 12.0. The number of hydrogen-bond acceptors (Lipinski definition) is 8. The molecule has 5 atom stereocenters. The van der Waals surface area contributed by atoms with Crippen LogP contribution >= 0.6 is 0 Å². The molecule has 2 bridgehead atoms.